The molecule has 9 heteroatoms. The number of hydrogen-bond donors (Lipinski definition) is 1. The third kappa shape index (κ3) is 5.05. The zero-order chi connectivity index (χ0) is 17.7. The molecule has 2 aromatic rings. The monoisotopic (exact) mass is 356 g/mol. The van der Waals surface area contributed by atoms with Crippen LogP contribution >= 0.6 is 0 Å². The number of benzene rings is 1. The van der Waals surface area contributed by atoms with E-state index in [1.54, 1.807) is 6.92 Å². The molecule has 24 heavy (non-hydrogen) atoms. The Labute approximate surface area is 138 Å². The molecule has 7 nitrogen and oxygen atoms in total. The van der Waals surface area contributed by atoms with Crippen LogP contribution in [0.1, 0.15) is 17.7 Å². The lowest BCUT2D eigenvalue weighted by atomic mass is 10.2. The maximum absolute atomic E-state index is 13.6. The molecule has 0 aliphatic rings. The van der Waals surface area contributed by atoms with E-state index in [9.17, 15) is 17.6 Å². The summed E-state index contributed by atoms with van der Waals surface area (Å²) in [5.41, 5.74) is 0.292. The average molecular weight is 356 g/mol. The Kier molecular flexibility index (Phi) is 5.55. The first kappa shape index (κ1) is 17.9. The van der Waals surface area contributed by atoms with Gasteiger partial charge < -0.3 is 14.6 Å². The molecule has 0 aliphatic carbocycles. The van der Waals surface area contributed by atoms with E-state index in [1.165, 1.54) is 25.3 Å². The van der Waals surface area contributed by atoms with Gasteiger partial charge >= 0.3 is 0 Å². The van der Waals surface area contributed by atoms with E-state index in [0.29, 0.717) is 11.3 Å². The molecule has 0 aliphatic heterocycles. The van der Waals surface area contributed by atoms with Crippen molar-refractivity contribution in [2.75, 3.05) is 18.2 Å². The maximum Gasteiger partial charge on any atom is 0.226 e. The van der Waals surface area contributed by atoms with Gasteiger partial charge in [-0.3, -0.25) is 4.79 Å². The summed E-state index contributed by atoms with van der Waals surface area (Å²) >= 11 is 0. The molecule has 0 fully saturated rings. The minimum atomic E-state index is -3.57. The SMILES string of the molecule is COc1ccc(CS(=O)(=O)CCC(=O)Nc2cc(C)on2)cc1F. The predicted molar refractivity (Wildman–Crippen MR) is 84.9 cm³/mol. The number of hydrogen-bond acceptors (Lipinski definition) is 6. The van der Waals surface area contributed by atoms with Gasteiger partial charge in [0.2, 0.25) is 5.91 Å². The summed E-state index contributed by atoms with van der Waals surface area (Å²) in [7, 11) is -2.24. The van der Waals surface area contributed by atoms with Crippen LogP contribution in [0, 0.1) is 12.7 Å². The molecule has 1 N–H and O–H groups in total. The Morgan fingerprint density at radius 3 is 2.71 bits per heavy atom. The van der Waals surface area contributed by atoms with Crippen molar-refractivity contribution in [2.45, 2.75) is 19.1 Å². The highest BCUT2D eigenvalue weighted by molar-refractivity contribution is 7.90. The van der Waals surface area contributed by atoms with Crippen molar-refractivity contribution >= 4 is 21.6 Å². The fourth-order valence-electron chi connectivity index (χ4n) is 2.00. The van der Waals surface area contributed by atoms with Gasteiger partial charge in [-0.05, 0) is 24.6 Å². The number of nitrogens with zero attached hydrogens (tertiary/aromatic N) is 1. The normalized spacial score (nSPS) is 11.3. The molecule has 0 saturated carbocycles. The second-order valence-corrected chi connectivity index (χ2v) is 7.37. The smallest absolute Gasteiger partial charge is 0.226 e. The highest BCUT2D eigenvalue weighted by Gasteiger charge is 2.16. The van der Waals surface area contributed by atoms with E-state index in [4.69, 9.17) is 9.26 Å². The molecule has 0 atom stereocenters. The van der Waals surface area contributed by atoms with E-state index in [1.807, 2.05) is 0 Å². The standard InChI is InChI=1S/C15H17FN2O5S/c1-10-7-14(18-23-10)17-15(19)5-6-24(20,21)9-11-3-4-13(22-2)12(16)8-11/h3-4,7-8H,5-6,9H2,1-2H3,(H,17,18,19). The zero-order valence-corrected chi connectivity index (χ0v) is 14.0. The van der Waals surface area contributed by atoms with Crippen molar-refractivity contribution in [1.29, 1.82) is 0 Å². The van der Waals surface area contributed by atoms with Gasteiger partial charge in [0.25, 0.3) is 0 Å². The van der Waals surface area contributed by atoms with Gasteiger partial charge in [0, 0.05) is 12.5 Å². The Hall–Kier alpha value is -2.42. The molecule has 0 bridgehead atoms. The molecule has 1 aromatic heterocycles. The number of ether oxygens (including phenoxy) is 1. The van der Waals surface area contributed by atoms with E-state index >= 15 is 0 Å². The molecule has 1 aromatic carbocycles. The van der Waals surface area contributed by atoms with Gasteiger partial charge in [0.05, 0.1) is 18.6 Å². The molecule has 130 valence electrons. The number of nitrogens with one attached hydrogen (secondary N) is 1. The molecule has 0 saturated heterocycles. The highest BCUT2D eigenvalue weighted by Crippen LogP contribution is 2.19. The van der Waals surface area contributed by atoms with Crippen LogP contribution in [-0.4, -0.2) is 32.3 Å². The first-order valence-electron chi connectivity index (χ1n) is 7.05. The van der Waals surface area contributed by atoms with Crippen molar-refractivity contribution < 1.29 is 26.9 Å². The zero-order valence-electron chi connectivity index (χ0n) is 13.2. The van der Waals surface area contributed by atoms with Gasteiger partial charge in [-0.25, -0.2) is 12.8 Å². The van der Waals surface area contributed by atoms with Crippen LogP contribution in [0.15, 0.2) is 28.8 Å². The lowest BCUT2D eigenvalue weighted by Gasteiger charge is -2.07. The minimum absolute atomic E-state index is 0.0402. The van der Waals surface area contributed by atoms with Crippen molar-refractivity contribution in [2.24, 2.45) is 0 Å². The van der Waals surface area contributed by atoms with Crippen molar-refractivity contribution in [3.63, 3.8) is 0 Å². The molecule has 2 rings (SSSR count). The Morgan fingerprint density at radius 1 is 1.38 bits per heavy atom. The molecule has 1 amide bonds. The summed E-state index contributed by atoms with van der Waals surface area (Å²) < 4.78 is 47.3. The van der Waals surface area contributed by atoms with Crippen molar-refractivity contribution in [3.05, 3.63) is 41.4 Å². The van der Waals surface area contributed by atoms with Gasteiger partial charge in [0.15, 0.2) is 27.2 Å². The van der Waals surface area contributed by atoms with Crippen LogP contribution in [-0.2, 0) is 20.4 Å². The molecule has 1 heterocycles. The van der Waals surface area contributed by atoms with Crippen LogP contribution in [0.2, 0.25) is 0 Å². The quantitative estimate of drug-likeness (QED) is 0.815. The Bertz CT molecular complexity index is 832. The van der Waals surface area contributed by atoms with Crippen molar-refractivity contribution in [1.82, 2.24) is 5.16 Å². The first-order valence-corrected chi connectivity index (χ1v) is 8.87. The summed E-state index contributed by atoms with van der Waals surface area (Å²) in [6.45, 7) is 1.67. The summed E-state index contributed by atoms with van der Waals surface area (Å²) in [4.78, 5) is 11.7. The minimum Gasteiger partial charge on any atom is -0.494 e. The molecular formula is C15H17FN2O5S. The van der Waals surface area contributed by atoms with Gasteiger partial charge in [0.1, 0.15) is 5.76 Å². The average Bonchev–Trinajstić information content (AvgIpc) is 2.90. The van der Waals surface area contributed by atoms with Crippen LogP contribution in [0.5, 0.6) is 5.75 Å². The van der Waals surface area contributed by atoms with Crippen LogP contribution in [0.25, 0.3) is 0 Å². The Morgan fingerprint density at radius 2 is 2.12 bits per heavy atom. The number of amides is 1. The van der Waals surface area contributed by atoms with E-state index in [-0.39, 0.29) is 29.5 Å². The molecule has 0 spiro atoms. The van der Waals surface area contributed by atoms with Crippen LogP contribution in [0.4, 0.5) is 10.2 Å². The largest absolute Gasteiger partial charge is 0.494 e. The van der Waals surface area contributed by atoms with Crippen LogP contribution in [0.3, 0.4) is 0 Å². The maximum atomic E-state index is 13.6. The lowest BCUT2D eigenvalue weighted by molar-refractivity contribution is -0.115. The van der Waals surface area contributed by atoms with Crippen LogP contribution < -0.4 is 10.1 Å². The van der Waals surface area contributed by atoms with E-state index in [0.717, 1.165) is 6.07 Å². The number of aromatic nitrogens is 1. The predicted octanol–water partition coefficient (Wildman–Crippen LogP) is 2.07. The number of aryl methyl sites for hydroxylation is 1. The number of methoxy groups -OCH3 is 1. The summed E-state index contributed by atoms with van der Waals surface area (Å²) in [5, 5.41) is 6.02. The van der Waals surface area contributed by atoms with Gasteiger partial charge in [-0.2, -0.15) is 0 Å². The summed E-state index contributed by atoms with van der Waals surface area (Å²) in [5.74, 6) is -1.05. The van der Waals surface area contributed by atoms with E-state index in [2.05, 4.69) is 10.5 Å². The highest BCUT2D eigenvalue weighted by atomic mass is 32.2. The second kappa shape index (κ2) is 7.43. The van der Waals surface area contributed by atoms with Gasteiger partial charge in [-0.1, -0.05) is 11.2 Å². The molecular weight excluding hydrogens is 339 g/mol. The topological polar surface area (TPSA) is 98.5 Å². The van der Waals surface area contributed by atoms with Crippen molar-refractivity contribution in [3.8, 4) is 5.75 Å². The fraction of sp³-hybridized carbons (Fsp3) is 0.333. The molecule has 0 radical (unpaired) electrons. The lowest BCUT2D eigenvalue weighted by Crippen LogP contribution is -2.18. The Balaban J connectivity index is 1.91. The van der Waals surface area contributed by atoms with Gasteiger partial charge in [-0.15, -0.1) is 0 Å². The first-order chi connectivity index (χ1) is 11.3. The fourth-order valence-corrected chi connectivity index (χ4v) is 3.33. The number of sulfone groups is 1. The third-order valence-corrected chi connectivity index (χ3v) is 4.74. The number of rotatable bonds is 7. The number of carbonyl (C=O) groups is 1. The number of anilines is 1. The summed E-state index contributed by atoms with van der Waals surface area (Å²) in [6, 6.07) is 5.46. The summed E-state index contributed by atoms with van der Waals surface area (Å²) in [6.07, 6.45) is -0.229. The van der Waals surface area contributed by atoms with E-state index < -0.39 is 21.6 Å². The number of carbonyl (C=O) groups excluding carboxylic acids is 1. The second-order valence-electron chi connectivity index (χ2n) is 5.18. The number of halogens is 1. The molecule has 0 unspecified atom stereocenters. The third-order valence-electron chi connectivity index (χ3n) is 3.14.